The summed E-state index contributed by atoms with van der Waals surface area (Å²) >= 11 is 0. The number of pyridine rings is 1. The average molecular weight is 270 g/mol. The molecular formula is C12H18N2O3S. The van der Waals surface area contributed by atoms with Crippen LogP contribution in [0.15, 0.2) is 17.3 Å². The smallest absolute Gasteiger partial charge is 0.243 e. The van der Waals surface area contributed by atoms with E-state index >= 15 is 0 Å². The lowest BCUT2D eigenvalue weighted by atomic mass is 9.87. The van der Waals surface area contributed by atoms with Crippen LogP contribution in [0.3, 0.4) is 0 Å². The summed E-state index contributed by atoms with van der Waals surface area (Å²) in [4.78, 5) is 3.94. The van der Waals surface area contributed by atoms with Gasteiger partial charge in [0, 0.05) is 11.8 Å². The Hall–Kier alpha value is -1.14. The third-order valence-electron chi connectivity index (χ3n) is 2.79. The van der Waals surface area contributed by atoms with Crippen molar-refractivity contribution in [1.82, 2.24) is 4.98 Å². The molecule has 1 saturated carbocycles. The topological polar surface area (TPSA) is 82.3 Å². The number of primary sulfonamides is 1. The molecule has 18 heavy (non-hydrogen) atoms. The van der Waals surface area contributed by atoms with E-state index in [0.29, 0.717) is 5.75 Å². The van der Waals surface area contributed by atoms with Gasteiger partial charge in [0.15, 0.2) is 0 Å². The second-order valence-corrected chi connectivity index (χ2v) is 7.16. The van der Waals surface area contributed by atoms with Gasteiger partial charge < -0.3 is 4.74 Å². The molecule has 0 bridgehead atoms. The number of nitrogens with zero attached hydrogens (tertiary/aromatic N) is 1. The van der Waals surface area contributed by atoms with E-state index in [1.54, 1.807) is 6.20 Å². The van der Waals surface area contributed by atoms with Crippen molar-refractivity contribution in [3.63, 3.8) is 0 Å². The summed E-state index contributed by atoms with van der Waals surface area (Å²) in [5.74, 6) is 0.363. The monoisotopic (exact) mass is 270 g/mol. The van der Waals surface area contributed by atoms with Gasteiger partial charge in [-0.1, -0.05) is 20.8 Å². The van der Waals surface area contributed by atoms with Crippen LogP contribution >= 0.6 is 0 Å². The van der Waals surface area contributed by atoms with Gasteiger partial charge >= 0.3 is 0 Å². The van der Waals surface area contributed by atoms with Crippen LogP contribution in [0.25, 0.3) is 0 Å². The van der Waals surface area contributed by atoms with Gasteiger partial charge in [0.1, 0.15) is 10.6 Å². The summed E-state index contributed by atoms with van der Waals surface area (Å²) < 4.78 is 28.9. The molecule has 0 aliphatic heterocycles. The fraction of sp³-hybridized carbons (Fsp3) is 0.583. The molecule has 0 aromatic carbocycles. The van der Waals surface area contributed by atoms with Crippen LogP contribution in [0.1, 0.15) is 39.2 Å². The summed E-state index contributed by atoms with van der Waals surface area (Å²) in [5, 5.41) is 5.22. The first-order valence-electron chi connectivity index (χ1n) is 5.87. The van der Waals surface area contributed by atoms with Gasteiger partial charge in [0.2, 0.25) is 10.0 Å². The number of hydrogen-bond donors (Lipinski definition) is 1. The molecule has 2 rings (SSSR count). The fourth-order valence-electron chi connectivity index (χ4n) is 1.64. The van der Waals surface area contributed by atoms with Crippen LogP contribution in [0.5, 0.6) is 5.75 Å². The van der Waals surface area contributed by atoms with Crippen molar-refractivity contribution in [3.8, 4) is 5.75 Å². The van der Waals surface area contributed by atoms with Crippen LogP contribution in [0, 0.1) is 0 Å². The van der Waals surface area contributed by atoms with E-state index in [4.69, 9.17) is 9.88 Å². The van der Waals surface area contributed by atoms with Gasteiger partial charge in [-0.2, -0.15) is 0 Å². The number of aromatic nitrogens is 1. The van der Waals surface area contributed by atoms with Crippen molar-refractivity contribution in [2.45, 2.75) is 50.0 Å². The number of nitrogens with two attached hydrogens (primary N) is 1. The van der Waals surface area contributed by atoms with Crippen molar-refractivity contribution in [2.75, 3.05) is 0 Å². The van der Waals surface area contributed by atoms with Crippen LogP contribution in [0.2, 0.25) is 0 Å². The van der Waals surface area contributed by atoms with Crippen molar-refractivity contribution in [3.05, 3.63) is 18.0 Å². The minimum Gasteiger partial charge on any atom is -0.489 e. The standard InChI is InChI=1S/C12H18N2O3S/c1-12(2,3)9-6-14-7-10(18(13,15)16)11(9)17-8-4-5-8/h6-8H,4-5H2,1-3H3,(H2,13,15,16). The molecule has 100 valence electrons. The Bertz CT molecular complexity index is 557. The molecule has 1 aromatic rings. The van der Waals surface area contributed by atoms with Crippen LogP contribution in [-0.4, -0.2) is 19.5 Å². The molecule has 0 unspecified atom stereocenters. The van der Waals surface area contributed by atoms with Crippen LogP contribution < -0.4 is 9.88 Å². The van der Waals surface area contributed by atoms with Gasteiger partial charge in [-0.3, -0.25) is 4.98 Å². The van der Waals surface area contributed by atoms with Gasteiger partial charge in [-0.15, -0.1) is 0 Å². The predicted molar refractivity (Wildman–Crippen MR) is 68.0 cm³/mol. The Balaban J connectivity index is 2.59. The highest BCUT2D eigenvalue weighted by Gasteiger charge is 2.31. The van der Waals surface area contributed by atoms with Crippen molar-refractivity contribution in [2.24, 2.45) is 5.14 Å². The van der Waals surface area contributed by atoms with E-state index in [0.717, 1.165) is 18.4 Å². The zero-order valence-corrected chi connectivity index (χ0v) is 11.6. The summed E-state index contributed by atoms with van der Waals surface area (Å²) in [5.41, 5.74) is 0.513. The molecule has 1 heterocycles. The predicted octanol–water partition coefficient (Wildman–Crippen LogP) is 1.57. The van der Waals surface area contributed by atoms with E-state index in [1.165, 1.54) is 6.20 Å². The Labute approximate surface area is 107 Å². The van der Waals surface area contributed by atoms with E-state index in [-0.39, 0.29) is 16.4 Å². The number of hydrogen-bond acceptors (Lipinski definition) is 4. The second kappa shape index (κ2) is 4.20. The maximum Gasteiger partial charge on any atom is 0.243 e. The van der Waals surface area contributed by atoms with Crippen molar-refractivity contribution < 1.29 is 13.2 Å². The minimum absolute atomic E-state index is 0.0261. The van der Waals surface area contributed by atoms with Gasteiger partial charge in [0.25, 0.3) is 0 Å². The number of sulfonamides is 1. The Morgan fingerprint density at radius 3 is 2.39 bits per heavy atom. The van der Waals surface area contributed by atoms with Gasteiger partial charge in [-0.25, -0.2) is 13.6 Å². The molecule has 1 aliphatic carbocycles. The van der Waals surface area contributed by atoms with Crippen molar-refractivity contribution in [1.29, 1.82) is 0 Å². The molecule has 0 saturated heterocycles. The lowest BCUT2D eigenvalue weighted by molar-refractivity contribution is 0.285. The number of ether oxygens (including phenoxy) is 1. The Morgan fingerprint density at radius 2 is 1.94 bits per heavy atom. The molecule has 0 amide bonds. The van der Waals surface area contributed by atoms with Crippen LogP contribution in [0.4, 0.5) is 0 Å². The first kappa shape index (κ1) is 13.3. The molecule has 0 spiro atoms. The summed E-state index contributed by atoms with van der Waals surface area (Å²) in [6.07, 6.45) is 4.91. The maximum atomic E-state index is 11.6. The Kier molecular flexibility index (Phi) is 3.11. The summed E-state index contributed by atoms with van der Waals surface area (Å²) in [7, 11) is -3.82. The highest BCUT2D eigenvalue weighted by atomic mass is 32.2. The molecule has 6 heteroatoms. The van der Waals surface area contributed by atoms with E-state index in [9.17, 15) is 8.42 Å². The van der Waals surface area contributed by atoms with E-state index < -0.39 is 10.0 Å². The molecule has 5 nitrogen and oxygen atoms in total. The second-order valence-electron chi connectivity index (χ2n) is 5.63. The molecule has 1 fully saturated rings. The van der Waals surface area contributed by atoms with Gasteiger partial charge in [-0.05, 0) is 18.3 Å². The Morgan fingerprint density at radius 1 is 1.33 bits per heavy atom. The third kappa shape index (κ3) is 2.81. The summed E-state index contributed by atoms with van der Waals surface area (Å²) in [6, 6.07) is 0. The molecular weight excluding hydrogens is 252 g/mol. The third-order valence-corrected chi connectivity index (χ3v) is 3.69. The lowest BCUT2D eigenvalue weighted by Gasteiger charge is -2.23. The fourth-order valence-corrected chi connectivity index (χ4v) is 2.26. The van der Waals surface area contributed by atoms with Crippen LogP contribution in [-0.2, 0) is 15.4 Å². The summed E-state index contributed by atoms with van der Waals surface area (Å²) in [6.45, 7) is 5.95. The highest BCUT2D eigenvalue weighted by molar-refractivity contribution is 7.89. The number of rotatable bonds is 3. The molecule has 2 N–H and O–H groups in total. The van der Waals surface area contributed by atoms with E-state index in [1.807, 2.05) is 20.8 Å². The first-order chi connectivity index (χ1) is 8.19. The quantitative estimate of drug-likeness (QED) is 0.903. The molecule has 0 atom stereocenters. The normalized spacial score (nSPS) is 16.7. The molecule has 1 aromatic heterocycles. The molecule has 1 aliphatic rings. The van der Waals surface area contributed by atoms with E-state index in [2.05, 4.69) is 4.98 Å². The van der Waals surface area contributed by atoms with Crippen molar-refractivity contribution >= 4 is 10.0 Å². The molecule has 0 radical (unpaired) electrons. The largest absolute Gasteiger partial charge is 0.489 e. The first-order valence-corrected chi connectivity index (χ1v) is 7.42. The van der Waals surface area contributed by atoms with Gasteiger partial charge in [0.05, 0.1) is 12.3 Å². The maximum absolute atomic E-state index is 11.6. The lowest BCUT2D eigenvalue weighted by Crippen LogP contribution is -2.20. The minimum atomic E-state index is -3.82. The highest BCUT2D eigenvalue weighted by Crippen LogP contribution is 2.38. The zero-order valence-electron chi connectivity index (χ0n) is 10.8. The SMILES string of the molecule is CC(C)(C)c1cncc(S(N)(=O)=O)c1OC1CC1. The zero-order chi connectivity index (χ0) is 13.6. The average Bonchev–Trinajstić information content (AvgIpc) is 2.98.